The smallest absolute Gasteiger partial charge is 0.241 e. The van der Waals surface area contributed by atoms with E-state index in [1.807, 2.05) is 27.7 Å². The molecule has 24 heavy (non-hydrogen) atoms. The van der Waals surface area contributed by atoms with Crippen LogP contribution in [0.15, 0.2) is 17.0 Å². The Morgan fingerprint density at radius 2 is 2.00 bits per heavy atom. The number of carbonyl (C=O) groups excluding carboxylic acids is 1. The number of ether oxygens (including phenoxy) is 1. The van der Waals surface area contributed by atoms with E-state index in [1.165, 1.54) is 13.0 Å². The van der Waals surface area contributed by atoms with Gasteiger partial charge in [-0.3, -0.25) is 4.79 Å². The van der Waals surface area contributed by atoms with Gasteiger partial charge < -0.3 is 10.1 Å². The average Bonchev–Trinajstić information content (AvgIpc) is 2.77. The standard InChI is InChI=1S/C16H23ClN2O4S/c1-9-6-11-7-12(8-13(17)14(11)23-9)24(21,22)19-10(2)15(20)18-16(3,4)5/h7-10,19H,6H2,1-5H3,(H,18,20)/t9-,10-/m0/s1. The van der Waals surface area contributed by atoms with E-state index in [1.54, 1.807) is 6.07 Å². The van der Waals surface area contributed by atoms with Crippen molar-refractivity contribution in [3.05, 3.63) is 22.7 Å². The van der Waals surface area contributed by atoms with Crippen molar-refractivity contribution in [2.75, 3.05) is 0 Å². The highest BCUT2D eigenvalue weighted by Gasteiger charge is 2.28. The van der Waals surface area contributed by atoms with E-state index in [9.17, 15) is 13.2 Å². The van der Waals surface area contributed by atoms with E-state index >= 15 is 0 Å². The van der Waals surface area contributed by atoms with Crippen molar-refractivity contribution in [3.8, 4) is 5.75 Å². The lowest BCUT2D eigenvalue weighted by Gasteiger charge is -2.23. The Hall–Kier alpha value is -1.31. The number of amides is 1. The highest BCUT2D eigenvalue weighted by atomic mass is 35.5. The van der Waals surface area contributed by atoms with Gasteiger partial charge in [-0.15, -0.1) is 0 Å². The first-order valence-electron chi connectivity index (χ1n) is 7.72. The van der Waals surface area contributed by atoms with Gasteiger partial charge in [0, 0.05) is 17.5 Å². The third-order valence-corrected chi connectivity index (χ3v) is 5.26. The highest BCUT2D eigenvalue weighted by Crippen LogP contribution is 2.37. The average molecular weight is 375 g/mol. The molecule has 0 radical (unpaired) electrons. The first-order chi connectivity index (χ1) is 10.9. The van der Waals surface area contributed by atoms with Gasteiger partial charge >= 0.3 is 0 Å². The van der Waals surface area contributed by atoms with Crippen LogP contribution >= 0.6 is 11.6 Å². The summed E-state index contributed by atoms with van der Waals surface area (Å²) in [5.74, 6) is 0.136. The Labute approximate surface area is 148 Å². The van der Waals surface area contributed by atoms with E-state index in [0.717, 1.165) is 5.56 Å². The molecule has 0 fully saturated rings. The molecule has 0 bridgehead atoms. The summed E-state index contributed by atoms with van der Waals surface area (Å²) >= 11 is 6.14. The van der Waals surface area contributed by atoms with Crippen LogP contribution in [0.4, 0.5) is 0 Å². The van der Waals surface area contributed by atoms with E-state index in [2.05, 4.69) is 10.0 Å². The first kappa shape index (κ1) is 19.0. The Kier molecular flexibility index (Phi) is 5.18. The predicted molar refractivity (Wildman–Crippen MR) is 92.9 cm³/mol. The first-order valence-corrected chi connectivity index (χ1v) is 9.58. The molecule has 6 nitrogen and oxygen atoms in total. The number of benzene rings is 1. The minimum Gasteiger partial charge on any atom is -0.489 e. The molecule has 0 aliphatic carbocycles. The Morgan fingerprint density at radius 1 is 1.38 bits per heavy atom. The van der Waals surface area contributed by atoms with Crippen molar-refractivity contribution < 1.29 is 17.9 Å². The molecule has 0 saturated carbocycles. The summed E-state index contributed by atoms with van der Waals surface area (Å²) in [4.78, 5) is 12.1. The van der Waals surface area contributed by atoms with Crippen LogP contribution in [-0.2, 0) is 21.2 Å². The second-order valence-electron chi connectivity index (χ2n) is 7.11. The zero-order valence-electron chi connectivity index (χ0n) is 14.4. The number of rotatable bonds is 4. The number of hydrogen-bond acceptors (Lipinski definition) is 4. The van der Waals surface area contributed by atoms with Crippen LogP contribution in [0.2, 0.25) is 5.02 Å². The maximum absolute atomic E-state index is 12.6. The number of halogens is 1. The van der Waals surface area contributed by atoms with Crippen LogP contribution in [0.25, 0.3) is 0 Å². The third kappa shape index (κ3) is 4.40. The van der Waals surface area contributed by atoms with Gasteiger partial charge in [0.1, 0.15) is 11.9 Å². The summed E-state index contributed by atoms with van der Waals surface area (Å²) in [6, 6.07) is 1.98. The molecule has 134 valence electrons. The largest absolute Gasteiger partial charge is 0.489 e. The number of carbonyl (C=O) groups is 1. The van der Waals surface area contributed by atoms with Crippen molar-refractivity contribution in [1.82, 2.24) is 10.0 Å². The third-order valence-electron chi connectivity index (χ3n) is 3.45. The second kappa shape index (κ2) is 6.54. The topological polar surface area (TPSA) is 84.5 Å². The molecule has 1 aromatic rings. The normalized spacial score (nSPS) is 18.7. The molecule has 1 aliphatic rings. The summed E-state index contributed by atoms with van der Waals surface area (Å²) in [7, 11) is -3.87. The summed E-state index contributed by atoms with van der Waals surface area (Å²) in [6.45, 7) is 8.87. The van der Waals surface area contributed by atoms with Gasteiger partial charge in [-0.05, 0) is 46.8 Å². The molecule has 2 atom stereocenters. The van der Waals surface area contributed by atoms with Crippen LogP contribution in [0.5, 0.6) is 5.75 Å². The van der Waals surface area contributed by atoms with Crippen LogP contribution in [0.3, 0.4) is 0 Å². The molecule has 1 amide bonds. The fourth-order valence-corrected chi connectivity index (χ4v) is 4.07. The Bertz CT molecular complexity index is 756. The fraction of sp³-hybridized carbons (Fsp3) is 0.562. The van der Waals surface area contributed by atoms with Gasteiger partial charge in [-0.2, -0.15) is 4.72 Å². The van der Waals surface area contributed by atoms with Gasteiger partial charge in [-0.25, -0.2) is 8.42 Å². The van der Waals surface area contributed by atoms with Crippen LogP contribution in [0.1, 0.15) is 40.2 Å². The maximum atomic E-state index is 12.6. The van der Waals surface area contributed by atoms with E-state index in [0.29, 0.717) is 12.2 Å². The molecule has 0 unspecified atom stereocenters. The summed E-state index contributed by atoms with van der Waals surface area (Å²) < 4.78 is 33.1. The molecular formula is C16H23ClN2O4S. The lowest BCUT2D eigenvalue weighted by Crippen LogP contribution is -2.50. The van der Waals surface area contributed by atoms with Crippen LogP contribution in [0, 0.1) is 0 Å². The molecule has 2 rings (SSSR count). The molecule has 1 aromatic carbocycles. The highest BCUT2D eigenvalue weighted by molar-refractivity contribution is 7.89. The molecule has 0 saturated heterocycles. The van der Waals surface area contributed by atoms with Gasteiger partial charge in [0.2, 0.25) is 15.9 Å². The molecule has 0 aromatic heterocycles. The minimum atomic E-state index is -3.87. The quantitative estimate of drug-likeness (QED) is 0.846. The zero-order chi connectivity index (χ0) is 18.3. The van der Waals surface area contributed by atoms with Crippen molar-refractivity contribution in [1.29, 1.82) is 0 Å². The molecule has 1 heterocycles. The van der Waals surface area contributed by atoms with Crippen molar-refractivity contribution in [2.24, 2.45) is 0 Å². The van der Waals surface area contributed by atoms with E-state index < -0.39 is 27.5 Å². The number of nitrogens with one attached hydrogen (secondary N) is 2. The van der Waals surface area contributed by atoms with E-state index in [4.69, 9.17) is 16.3 Å². The van der Waals surface area contributed by atoms with Crippen molar-refractivity contribution in [3.63, 3.8) is 0 Å². The van der Waals surface area contributed by atoms with Gasteiger partial charge in [-0.1, -0.05) is 11.6 Å². The van der Waals surface area contributed by atoms with Crippen molar-refractivity contribution in [2.45, 2.75) is 63.6 Å². The molecule has 8 heteroatoms. The molecular weight excluding hydrogens is 352 g/mol. The van der Waals surface area contributed by atoms with Crippen molar-refractivity contribution >= 4 is 27.5 Å². The minimum absolute atomic E-state index is 0.0272. The van der Waals surface area contributed by atoms with Crippen LogP contribution in [-0.4, -0.2) is 32.0 Å². The van der Waals surface area contributed by atoms with Gasteiger partial charge in [0.25, 0.3) is 0 Å². The molecule has 2 N–H and O–H groups in total. The maximum Gasteiger partial charge on any atom is 0.241 e. The predicted octanol–water partition coefficient (Wildman–Crippen LogP) is 2.24. The zero-order valence-corrected chi connectivity index (χ0v) is 16.0. The van der Waals surface area contributed by atoms with E-state index in [-0.39, 0.29) is 16.0 Å². The molecule has 0 spiro atoms. The monoisotopic (exact) mass is 374 g/mol. The molecule has 1 aliphatic heterocycles. The SMILES string of the molecule is C[C@H](NS(=O)(=O)c1cc(Cl)c2c(c1)C[C@H](C)O2)C(=O)NC(C)(C)C. The second-order valence-corrected chi connectivity index (χ2v) is 9.23. The number of sulfonamides is 1. The summed E-state index contributed by atoms with van der Waals surface area (Å²) in [6.07, 6.45) is 0.554. The number of hydrogen-bond donors (Lipinski definition) is 2. The Morgan fingerprint density at radius 3 is 2.58 bits per heavy atom. The lowest BCUT2D eigenvalue weighted by molar-refractivity contribution is -0.123. The Balaban J connectivity index is 2.21. The summed E-state index contributed by atoms with van der Waals surface area (Å²) in [5, 5.41) is 2.99. The lowest BCUT2D eigenvalue weighted by atomic mass is 10.1. The fourth-order valence-electron chi connectivity index (χ4n) is 2.45. The summed E-state index contributed by atoms with van der Waals surface area (Å²) in [5.41, 5.74) is 0.309. The van der Waals surface area contributed by atoms with Gasteiger partial charge in [0.05, 0.1) is 16.0 Å². The van der Waals surface area contributed by atoms with Crippen LogP contribution < -0.4 is 14.8 Å². The van der Waals surface area contributed by atoms with Gasteiger partial charge in [0.15, 0.2) is 0 Å². The number of fused-ring (bicyclic) bond motifs is 1.